The van der Waals surface area contributed by atoms with Gasteiger partial charge < -0.3 is 11.5 Å². The van der Waals surface area contributed by atoms with E-state index in [4.69, 9.17) is 11.5 Å². The van der Waals surface area contributed by atoms with Crippen molar-refractivity contribution in [2.75, 3.05) is 0 Å². The Balaban J connectivity index is 3.77. The molecular weight excluding hydrogens is 136 g/mol. The molecule has 0 saturated heterocycles. The van der Waals surface area contributed by atoms with Crippen LogP contribution in [0.5, 0.6) is 0 Å². The maximum atomic E-state index is 5.93. The third kappa shape index (κ3) is 5.22. The van der Waals surface area contributed by atoms with Gasteiger partial charge in [0.15, 0.2) is 0 Å². The second kappa shape index (κ2) is 4.07. The molecular formula is C9H22N2. The summed E-state index contributed by atoms with van der Waals surface area (Å²) in [6, 6.07) is 0.250. The van der Waals surface area contributed by atoms with Gasteiger partial charge in [-0.15, -0.1) is 0 Å². The van der Waals surface area contributed by atoms with E-state index in [1.165, 1.54) is 0 Å². The lowest BCUT2D eigenvalue weighted by Crippen LogP contribution is -2.42. The number of hydrogen-bond acceptors (Lipinski definition) is 2. The summed E-state index contributed by atoms with van der Waals surface area (Å²) in [5.74, 6) is 0.581. The number of hydrogen-bond donors (Lipinski definition) is 2. The topological polar surface area (TPSA) is 52.0 Å². The molecule has 4 N–H and O–H groups in total. The first-order chi connectivity index (χ1) is 4.87. The lowest BCUT2D eigenvalue weighted by atomic mass is 9.88. The summed E-state index contributed by atoms with van der Waals surface area (Å²) < 4.78 is 0. The molecule has 0 aromatic rings. The molecule has 0 heterocycles. The highest BCUT2D eigenvalue weighted by Crippen LogP contribution is 2.14. The van der Waals surface area contributed by atoms with E-state index in [1.807, 2.05) is 13.8 Å². The van der Waals surface area contributed by atoms with Crippen molar-refractivity contribution in [1.29, 1.82) is 0 Å². The van der Waals surface area contributed by atoms with E-state index in [2.05, 4.69) is 13.8 Å². The largest absolute Gasteiger partial charge is 0.327 e. The predicted molar refractivity (Wildman–Crippen MR) is 50.3 cm³/mol. The smallest absolute Gasteiger partial charge is 0.0112 e. The quantitative estimate of drug-likeness (QED) is 0.651. The van der Waals surface area contributed by atoms with Crippen LogP contribution in [0, 0.1) is 5.92 Å². The Labute approximate surface area is 70.3 Å². The number of nitrogens with two attached hydrogens (primary N) is 2. The van der Waals surface area contributed by atoms with Crippen molar-refractivity contribution in [1.82, 2.24) is 0 Å². The predicted octanol–water partition coefficient (Wildman–Crippen LogP) is 1.49. The standard InChI is InChI=1S/C9H22N2/c1-5-7(2)8(10)6-9(3,4)11/h7-8H,5-6,10-11H2,1-4H3. The molecule has 2 heteroatoms. The van der Waals surface area contributed by atoms with Gasteiger partial charge in [0, 0.05) is 11.6 Å². The second-order valence-electron chi connectivity index (χ2n) is 4.24. The van der Waals surface area contributed by atoms with Crippen molar-refractivity contribution in [3.05, 3.63) is 0 Å². The van der Waals surface area contributed by atoms with Gasteiger partial charge in [0.1, 0.15) is 0 Å². The lowest BCUT2D eigenvalue weighted by Gasteiger charge is -2.26. The molecule has 11 heavy (non-hydrogen) atoms. The zero-order valence-electron chi connectivity index (χ0n) is 8.22. The highest BCUT2D eigenvalue weighted by molar-refractivity contribution is 4.80. The van der Waals surface area contributed by atoms with Crippen LogP contribution in [0.15, 0.2) is 0 Å². The second-order valence-corrected chi connectivity index (χ2v) is 4.24. The van der Waals surface area contributed by atoms with Gasteiger partial charge in [-0.3, -0.25) is 0 Å². The van der Waals surface area contributed by atoms with Gasteiger partial charge in [0.05, 0.1) is 0 Å². The van der Waals surface area contributed by atoms with Crippen LogP contribution >= 0.6 is 0 Å². The van der Waals surface area contributed by atoms with Gasteiger partial charge in [-0.25, -0.2) is 0 Å². The van der Waals surface area contributed by atoms with E-state index < -0.39 is 0 Å². The van der Waals surface area contributed by atoms with Crippen molar-refractivity contribution in [3.63, 3.8) is 0 Å². The molecule has 2 nitrogen and oxygen atoms in total. The van der Waals surface area contributed by atoms with Gasteiger partial charge in [-0.05, 0) is 26.2 Å². The monoisotopic (exact) mass is 158 g/mol. The van der Waals surface area contributed by atoms with Crippen LogP contribution < -0.4 is 11.5 Å². The van der Waals surface area contributed by atoms with E-state index in [-0.39, 0.29) is 11.6 Å². The first-order valence-corrected chi connectivity index (χ1v) is 4.41. The van der Waals surface area contributed by atoms with Crippen molar-refractivity contribution in [2.45, 2.75) is 52.1 Å². The first-order valence-electron chi connectivity index (χ1n) is 4.41. The molecule has 0 amide bonds. The Morgan fingerprint density at radius 3 is 2.09 bits per heavy atom. The van der Waals surface area contributed by atoms with E-state index >= 15 is 0 Å². The van der Waals surface area contributed by atoms with Crippen LogP contribution in [0.3, 0.4) is 0 Å². The normalized spacial score (nSPS) is 18.0. The molecule has 68 valence electrons. The molecule has 0 aromatic carbocycles. The van der Waals surface area contributed by atoms with Gasteiger partial charge in [0.25, 0.3) is 0 Å². The Hall–Kier alpha value is -0.0800. The number of rotatable bonds is 4. The highest BCUT2D eigenvalue weighted by atomic mass is 14.7. The fourth-order valence-electron chi connectivity index (χ4n) is 1.11. The summed E-state index contributed by atoms with van der Waals surface area (Å²) in [6.07, 6.45) is 2.04. The molecule has 0 bridgehead atoms. The van der Waals surface area contributed by atoms with Crippen LogP contribution in [-0.4, -0.2) is 11.6 Å². The third-order valence-electron chi connectivity index (χ3n) is 2.14. The fraction of sp³-hybridized carbons (Fsp3) is 1.00. The Morgan fingerprint density at radius 2 is 1.82 bits per heavy atom. The molecule has 0 spiro atoms. The molecule has 0 rings (SSSR count). The Bertz CT molecular complexity index is 105. The van der Waals surface area contributed by atoms with E-state index in [0.717, 1.165) is 12.8 Å². The first kappa shape index (κ1) is 10.9. The van der Waals surface area contributed by atoms with Crippen molar-refractivity contribution in [3.8, 4) is 0 Å². The van der Waals surface area contributed by atoms with Crippen molar-refractivity contribution in [2.24, 2.45) is 17.4 Å². The summed E-state index contributed by atoms with van der Waals surface area (Å²) >= 11 is 0. The molecule has 0 fully saturated rings. The van der Waals surface area contributed by atoms with Crippen LogP contribution in [0.2, 0.25) is 0 Å². The minimum absolute atomic E-state index is 0.122. The molecule has 2 atom stereocenters. The van der Waals surface area contributed by atoms with Gasteiger partial charge in [0.2, 0.25) is 0 Å². The minimum Gasteiger partial charge on any atom is -0.327 e. The molecule has 0 aliphatic heterocycles. The lowest BCUT2D eigenvalue weighted by molar-refractivity contribution is 0.343. The fourth-order valence-corrected chi connectivity index (χ4v) is 1.11. The summed E-state index contributed by atoms with van der Waals surface area (Å²) in [5.41, 5.74) is 11.7. The highest BCUT2D eigenvalue weighted by Gasteiger charge is 2.19. The van der Waals surface area contributed by atoms with Crippen LogP contribution in [0.1, 0.15) is 40.5 Å². The van der Waals surface area contributed by atoms with Gasteiger partial charge in [-0.2, -0.15) is 0 Å². The molecule has 0 aromatic heterocycles. The zero-order valence-corrected chi connectivity index (χ0v) is 8.22. The Kier molecular flexibility index (Phi) is 4.04. The summed E-state index contributed by atoms with van der Waals surface area (Å²) in [4.78, 5) is 0. The maximum Gasteiger partial charge on any atom is 0.0112 e. The van der Waals surface area contributed by atoms with E-state index in [1.54, 1.807) is 0 Å². The van der Waals surface area contributed by atoms with Gasteiger partial charge in [-0.1, -0.05) is 20.3 Å². The summed E-state index contributed by atoms with van der Waals surface area (Å²) in [6.45, 7) is 8.38. The maximum absolute atomic E-state index is 5.93. The average Bonchev–Trinajstić information content (AvgIpc) is 1.82. The molecule has 0 aliphatic rings. The minimum atomic E-state index is -0.122. The molecule has 0 aliphatic carbocycles. The molecule has 0 saturated carbocycles. The van der Waals surface area contributed by atoms with E-state index in [0.29, 0.717) is 5.92 Å². The summed E-state index contributed by atoms with van der Waals surface area (Å²) in [7, 11) is 0. The molecule has 2 unspecified atom stereocenters. The SMILES string of the molecule is CCC(C)C(N)CC(C)(C)N. The average molecular weight is 158 g/mol. The summed E-state index contributed by atoms with van der Waals surface area (Å²) in [5, 5.41) is 0. The van der Waals surface area contributed by atoms with Crippen molar-refractivity contribution < 1.29 is 0 Å². The van der Waals surface area contributed by atoms with Gasteiger partial charge >= 0.3 is 0 Å². The zero-order chi connectivity index (χ0) is 9.07. The van der Waals surface area contributed by atoms with Crippen LogP contribution in [-0.2, 0) is 0 Å². The third-order valence-corrected chi connectivity index (χ3v) is 2.14. The van der Waals surface area contributed by atoms with Crippen LogP contribution in [0.25, 0.3) is 0 Å². The van der Waals surface area contributed by atoms with E-state index in [9.17, 15) is 0 Å². The molecule has 0 radical (unpaired) electrons. The van der Waals surface area contributed by atoms with Crippen LogP contribution in [0.4, 0.5) is 0 Å². The Morgan fingerprint density at radius 1 is 1.36 bits per heavy atom. The van der Waals surface area contributed by atoms with Crippen molar-refractivity contribution >= 4 is 0 Å².